The lowest BCUT2D eigenvalue weighted by molar-refractivity contribution is -0.697. The van der Waals surface area contributed by atoms with Crippen LogP contribution in [0.3, 0.4) is 0 Å². The third kappa shape index (κ3) is 20.2. The molecule has 1 aromatic heterocycles. The highest BCUT2D eigenvalue weighted by molar-refractivity contribution is 5.99. The molecule has 2 aromatic rings. The van der Waals surface area contributed by atoms with E-state index < -0.39 is 11.7 Å². The molecule has 0 aliphatic carbocycles. The van der Waals surface area contributed by atoms with E-state index in [1.165, 1.54) is 115 Å². The summed E-state index contributed by atoms with van der Waals surface area (Å²) in [5.74, 6) is -1.95. The molecule has 0 saturated carbocycles. The van der Waals surface area contributed by atoms with Crippen LogP contribution in [-0.2, 0) is 6.54 Å². The van der Waals surface area contributed by atoms with Gasteiger partial charge in [0.2, 0.25) is 0 Å². The highest BCUT2D eigenvalue weighted by Gasteiger charge is 2.10. The highest BCUT2D eigenvalue weighted by Crippen LogP contribution is 2.18. The number of aryl methyl sites for hydroxylation is 1. The smallest absolute Gasteiger partial charge is 0.335 e. The van der Waals surface area contributed by atoms with Crippen LogP contribution >= 0.6 is 0 Å². The third-order valence-corrected chi connectivity index (χ3v) is 7.59. The minimum Gasteiger partial charge on any atom is -0.872 e. The number of rotatable bonds is 23. The SMILES string of the molecule is CCCCCCCC(=O)c1ccc([O-])c(C(=O)O)c1.CCCCCCCCCCCCCCCC[n+]1ccccc1.O. The number of aromatic carboxylic acids is 1. The zero-order valence-electron chi connectivity index (χ0n) is 26.6. The van der Waals surface area contributed by atoms with Crippen molar-refractivity contribution < 1.29 is 29.8 Å². The Labute approximate surface area is 255 Å². The second-order valence-corrected chi connectivity index (χ2v) is 11.3. The van der Waals surface area contributed by atoms with Gasteiger partial charge in [0.05, 0.1) is 5.56 Å². The number of aromatic nitrogens is 1. The van der Waals surface area contributed by atoms with Crippen LogP contribution in [-0.4, -0.2) is 22.3 Å². The van der Waals surface area contributed by atoms with Gasteiger partial charge in [-0.2, -0.15) is 0 Å². The Balaban J connectivity index is 0.000000790. The molecule has 0 amide bonds. The van der Waals surface area contributed by atoms with Crippen LogP contribution < -0.4 is 9.67 Å². The number of carboxylic acid groups (broad SMARTS) is 1. The summed E-state index contributed by atoms with van der Waals surface area (Å²) in [5.41, 5.74) is -0.0238. The third-order valence-electron chi connectivity index (χ3n) is 7.59. The van der Waals surface area contributed by atoms with Crippen molar-refractivity contribution >= 4 is 11.8 Å². The van der Waals surface area contributed by atoms with Crippen LogP contribution in [0.2, 0.25) is 0 Å². The highest BCUT2D eigenvalue weighted by atomic mass is 16.4. The minimum atomic E-state index is -1.29. The van der Waals surface area contributed by atoms with Crippen LogP contribution in [0.25, 0.3) is 0 Å². The Kier molecular flexibility index (Phi) is 25.4. The van der Waals surface area contributed by atoms with E-state index in [-0.39, 0.29) is 16.8 Å². The molecule has 3 N–H and O–H groups in total. The van der Waals surface area contributed by atoms with E-state index in [1.807, 2.05) is 0 Å². The standard InChI is InChI=1S/C21H38N.C15H20O4.H2O/c1-2-3-4-5-6-7-8-9-10-11-12-13-14-16-19-22-20-17-15-18-21-22;1-2-3-4-5-6-7-13(16)11-8-9-14(17)12(10-11)15(18)19;/h15,17-18,20-21H,2-14,16,19H2,1H3;8-10,17H,2-7H2,1H3,(H,18,19);1H2/q+1;;/p-1. The van der Waals surface area contributed by atoms with Crippen LogP contribution in [0.4, 0.5) is 0 Å². The molecule has 0 unspecified atom stereocenters. The molecule has 0 fully saturated rings. The van der Waals surface area contributed by atoms with Gasteiger partial charge in [-0.25, -0.2) is 9.36 Å². The quantitative estimate of drug-likeness (QED) is 0.0798. The van der Waals surface area contributed by atoms with E-state index in [1.54, 1.807) is 0 Å². The first-order valence-electron chi connectivity index (χ1n) is 16.5. The number of carbonyl (C=O) groups is 2. The zero-order chi connectivity index (χ0) is 30.0. The van der Waals surface area contributed by atoms with E-state index in [9.17, 15) is 14.7 Å². The summed E-state index contributed by atoms with van der Waals surface area (Å²) in [6, 6.07) is 10.0. The maximum Gasteiger partial charge on any atom is 0.335 e. The average Bonchev–Trinajstić information content (AvgIpc) is 2.98. The van der Waals surface area contributed by atoms with Crippen molar-refractivity contribution in [3.8, 4) is 5.75 Å². The number of unbranched alkanes of at least 4 members (excludes halogenated alkanes) is 17. The zero-order valence-corrected chi connectivity index (χ0v) is 26.6. The monoisotopic (exact) mass is 585 g/mol. The molecule has 0 aliphatic rings. The van der Waals surface area contributed by atoms with Crippen LogP contribution in [0.5, 0.6) is 5.75 Å². The maximum atomic E-state index is 11.9. The number of Topliss-reactive ketones (excluding diaryl/α,β-unsaturated/α-hetero) is 1. The van der Waals surface area contributed by atoms with Crippen LogP contribution in [0.1, 0.15) is 163 Å². The fraction of sp³-hybridized carbons (Fsp3) is 0.639. The first kappa shape index (κ1) is 39.3. The van der Waals surface area contributed by atoms with Gasteiger partial charge in [-0.1, -0.05) is 141 Å². The fourth-order valence-electron chi connectivity index (χ4n) is 4.98. The van der Waals surface area contributed by atoms with Gasteiger partial charge in [-0.3, -0.25) is 4.79 Å². The number of benzene rings is 1. The van der Waals surface area contributed by atoms with E-state index in [4.69, 9.17) is 5.11 Å². The van der Waals surface area contributed by atoms with Gasteiger partial charge in [-0.15, -0.1) is 0 Å². The van der Waals surface area contributed by atoms with E-state index >= 15 is 0 Å². The molecule has 6 nitrogen and oxygen atoms in total. The number of carboxylic acids is 1. The molecule has 1 aromatic carbocycles. The number of hydrogen-bond donors (Lipinski definition) is 1. The van der Waals surface area contributed by atoms with Crippen molar-refractivity contribution in [3.05, 3.63) is 59.9 Å². The molecule has 42 heavy (non-hydrogen) atoms. The van der Waals surface area contributed by atoms with E-state index in [0.29, 0.717) is 12.0 Å². The Morgan fingerprint density at radius 3 is 1.60 bits per heavy atom. The number of pyridine rings is 1. The Bertz CT molecular complexity index is 932. The number of nitrogens with zero attached hydrogens (tertiary/aromatic N) is 1. The normalized spacial score (nSPS) is 10.4. The van der Waals surface area contributed by atoms with Crippen molar-refractivity contribution in [1.29, 1.82) is 0 Å². The van der Waals surface area contributed by atoms with Crippen molar-refractivity contribution in [1.82, 2.24) is 0 Å². The van der Waals surface area contributed by atoms with E-state index in [2.05, 4.69) is 49.0 Å². The molecule has 0 saturated heterocycles. The Morgan fingerprint density at radius 1 is 0.667 bits per heavy atom. The topological polar surface area (TPSA) is 113 Å². The van der Waals surface area contributed by atoms with Gasteiger partial charge in [-0.05, 0) is 18.9 Å². The summed E-state index contributed by atoms with van der Waals surface area (Å²) in [7, 11) is 0. The first-order chi connectivity index (χ1) is 20.0. The van der Waals surface area contributed by atoms with E-state index in [0.717, 1.165) is 31.7 Å². The molecule has 1 heterocycles. The number of carbonyl (C=O) groups excluding carboxylic acids is 1. The molecule has 0 aliphatic heterocycles. The summed E-state index contributed by atoms with van der Waals surface area (Å²) in [6.45, 7) is 5.60. The summed E-state index contributed by atoms with van der Waals surface area (Å²) in [6.07, 6.45) is 30.1. The van der Waals surface area contributed by atoms with Gasteiger partial charge < -0.3 is 15.7 Å². The minimum absolute atomic E-state index is 0. The molecule has 238 valence electrons. The summed E-state index contributed by atoms with van der Waals surface area (Å²) in [4.78, 5) is 22.7. The van der Waals surface area contributed by atoms with Crippen molar-refractivity contribution in [2.24, 2.45) is 0 Å². The molecular weight excluding hydrogens is 526 g/mol. The lowest BCUT2D eigenvalue weighted by Gasteiger charge is -2.11. The van der Waals surface area contributed by atoms with Crippen molar-refractivity contribution in [2.75, 3.05) is 0 Å². The Morgan fingerprint density at radius 2 is 1.12 bits per heavy atom. The van der Waals surface area contributed by atoms with Gasteiger partial charge >= 0.3 is 5.97 Å². The van der Waals surface area contributed by atoms with Gasteiger partial charge in [0.1, 0.15) is 6.54 Å². The summed E-state index contributed by atoms with van der Waals surface area (Å²) < 4.78 is 2.29. The second-order valence-electron chi connectivity index (χ2n) is 11.3. The van der Waals surface area contributed by atoms with Crippen molar-refractivity contribution in [3.63, 3.8) is 0 Å². The number of hydrogen-bond acceptors (Lipinski definition) is 3. The second kappa shape index (κ2) is 27.1. The van der Waals surface area contributed by atoms with Gasteiger partial charge in [0.25, 0.3) is 0 Å². The lowest BCUT2D eigenvalue weighted by atomic mass is 10.0. The van der Waals surface area contributed by atoms with Crippen molar-refractivity contribution in [2.45, 2.75) is 149 Å². The molecular formula is C36H59NO5. The van der Waals surface area contributed by atoms with Gasteiger partial charge in [0, 0.05) is 30.5 Å². The molecule has 6 heteroatoms. The molecule has 0 radical (unpaired) electrons. The molecule has 0 bridgehead atoms. The lowest BCUT2D eigenvalue weighted by Crippen LogP contribution is -2.32. The van der Waals surface area contributed by atoms with Crippen LogP contribution in [0, 0.1) is 0 Å². The van der Waals surface area contributed by atoms with Gasteiger partial charge in [0.15, 0.2) is 18.2 Å². The maximum absolute atomic E-state index is 11.9. The average molecular weight is 586 g/mol. The largest absolute Gasteiger partial charge is 0.872 e. The molecule has 2 rings (SSSR count). The number of ketones is 1. The summed E-state index contributed by atoms with van der Waals surface area (Å²) >= 11 is 0. The molecule has 0 spiro atoms. The fourth-order valence-corrected chi connectivity index (χ4v) is 4.98. The first-order valence-corrected chi connectivity index (χ1v) is 16.5. The van der Waals surface area contributed by atoms with Crippen LogP contribution in [0.15, 0.2) is 48.8 Å². The predicted octanol–water partition coefficient (Wildman–Crippen LogP) is 8.63. The molecule has 0 atom stereocenters. The predicted molar refractivity (Wildman–Crippen MR) is 171 cm³/mol. The Hall–Kier alpha value is -2.73. The summed E-state index contributed by atoms with van der Waals surface area (Å²) in [5, 5.41) is 20.1.